The van der Waals surface area contributed by atoms with Crippen molar-refractivity contribution < 1.29 is 17.6 Å². The molecule has 2 aromatic heterocycles. The maximum absolute atomic E-state index is 13.4. The Morgan fingerprint density at radius 1 is 1.08 bits per heavy atom. The number of thioether (sulfide) groups is 1. The molecule has 4 rings (SSSR count). The van der Waals surface area contributed by atoms with Crippen molar-refractivity contribution in [2.75, 3.05) is 0 Å². The molecule has 0 atom stereocenters. The summed E-state index contributed by atoms with van der Waals surface area (Å²) < 4.78 is 46.4. The molecule has 0 aliphatic rings. The van der Waals surface area contributed by atoms with Crippen LogP contribution in [0.4, 0.5) is 13.2 Å². The molecule has 0 saturated heterocycles. The highest BCUT2D eigenvalue weighted by molar-refractivity contribution is 7.98. The zero-order valence-corrected chi connectivity index (χ0v) is 14.1. The number of oxazole rings is 1. The van der Waals surface area contributed by atoms with Crippen LogP contribution in [0.15, 0.2) is 64.4 Å². The van der Waals surface area contributed by atoms with Crippen molar-refractivity contribution in [3.8, 4) is 11.5 Å². The summed E-state index contributed by atoms with van der Waals surface area (Å²) in [5.74, 6) is 0.194. The molecule has 8 heteroatoms. The van der Waals surface area contributed by atoms with E-state index in [9.17, 15) is 13.2 Å². The zero-order chi connectivity index (χ0) is 18.1. The second-order valence-electron chi connectivity index (χ2n) is 5.47. The zero-order valence-electron chi connectivity index (χ0n) is 13.3. The number of aromatic nitrogens is 3. The van der Waals surface area contributed by atoms with Crippen LogP contribution in [0.1, 0.15) is 12.2 Å². The number of nitrogens with zero attached hydrogens (tertiary/aromatic N) is 3. The highest BCUT2D eigenvalue weighted by Gasteiger charge is 2.18. The molecule has 0 fully saturated rings. The number of rotatable bonds is 5. The molecule has 132 valence electrons. The lowest BCUT2D eigenvalue weighted by molar-refractivity contribution is 0.0656. The first-order valence-corrected chi connectivity index (χ1v) is 8.68. The third-order valence-corrected chi connectivity index (χ3v) is 4.72. The van der Waals surface area contributed by atoms with Crippen molar-refractivity contribution in [1.82, 2.24) is 14.5 Å². The van der Waals surface area contributed by atoms with Gasteiger partial charge in [0.25, 0.3) is 0 Å². The lowest BCUT2D eigenvalue weighted by atomic mass is 10.2. The summed E-state index contributed by atoms with van der Waals surface area (Å²) in [6.45, 7) is -2.69. The van der Waals surface area contributed by atoms with Crippen LogP contribution < -0.4 is 0 Å². The predicted molar refractivity (Wildman–Crippen MR) is 92.4 cm³/mol. The summed E-state index contributed by atoms with van der Waals surface area (Å²) in [5, 5.41) is 0.205. The predicted octanol–water partition coefficient (Wildman–Crippen LogP) is 5.52. The van der Waals surface area contributed by atoms with Crippen LogP contribution in [0, 0.1) is 5.82 Å². The van der Waals surface area contributed by atoms with Gasteiger partial charge in [-0.2, -0.15) is 8.78 Å². The largest absolute Gasteiger partial charge is 0.444 e. The van der Waals surface area contributed by atoms with E-state index in [0.717, 1.165) is 16.3 Å². The minimum absolute atomic E-state index is 0.205. The van der Waals surface area contributed by atoms with E-state index in [1.807, 2.05) is 0 Å². The van der Waals surface area contributed by atoms with E-state index in [2.05, 4.69) is 9.97 Å². The fourth-order valence-electron chi connectivity index (χ4n) is 2.58. The number of imidazole rings is 1. The second kappa shape index (κ2) is 6.87. The molecule has 0 unspecified atom stereocenters. The lowest BCUT2D eigenvalue weighted by Gasteiger charge is -2.06. The van der Waals surface area contributed by atoms with Gasteiger partial charge in [-0.1, -0.05) is 30.0 Å². The van der Waals surface area contributed by atoms with E-state index in [4.69, 9.17) is 4.42 Å². The minimum atomic E-state index is -2.69. The maximum Gasteiger partial charge on any atom is 0.321 e. The molecule has 0 saturated carbocycles. The van der Waals surface area contributed by atoms with Gasteiger partial charge in [-0.05, 0) is 30.3 Å². The van der Waals surface area contributed by atoms with Crippen molar-refractivity contribution in [3.63, 3.8) is 0 Å². The molecular weight excluding hydrogens is 363 g/mol. The quantitative estimate of drug-likeness (QED) is 0.431. The van der Waals surface area contributed by atoms with Crippen molar-refractivity contribution >= 4 is 22.8 Å². The summed E-state index contributed by atoms with van der Waals surface area (Å²) in [4.78, 5) is 8.55. The van der Waals surface area contributed by atoms with Gasteiger partial charge in [-0.25, -0.2) is 14.4 Å². The van der Waals surface area contributed by atoms with Crippen LogP contribution in [0.25, 0.3) is 22.5 Å². The van der Waals surface area contributed by atoms with Crippen LogP contribution in [-0.4, -0.2) is 14.5 Å². The highest BCUT2D eigenvalue weighted by Crippen LogP contribution is 2.31. The third kappa shape index (κ3) is 3.20. The molecule has 0 amide bonds. The summed E-state index contributed by atoms with van der Waals surface area (Å²) in [7, 11) is 0. The molecule has 4 nitrogen and oxygen atoms in total. The van der Waals surface area contributed by atoms with Crippen molar-refractivity contribution in [1.29, 1.82) is 0 Å². The normalized spacial score (nSPS) is 11.5. The standard InChI is InChI=1S/C18H12F3N3OS/c19-12-5-3-4-11(8-12)16-22-13(9-25-16)10-26-18-23-14-6-1-2-7-15(14)24(18)17(20)21/h1-9,17H,10H2. The molecule has 0 bridgehead atoms. The number of hydrogen-bond donors (Lipinski definition) is 0. The fraction of sp³-hybridized carbons (Fsp3) is 0.111. The number of halogens is 3. The van der Waals surface area contributed by atoms with E-state index in [1.54, 1.807) is 36.4 Å². The summed E-state index contributed by atoms with van der Waals surface area (Å²) >= 11 is 1.14. The number of hydrogen-bond acceptors (Lipinski definition) is 4. The summed E-state index contributed by atoms with van der Waals surface area (Å²) in [5.41, 5.74) is 1.96. The van der Waals surface area contributed by atoms with Gasteiger partial charge in [-0.3, -0.25) is 4.57 Å². The van der Waals surface area contributed by atoms with Gasteiger partial charge in [0.2, 0.25) is 5.89 Å². The number of alkyl halides is 2. The molecule has 0 aliphatic heterocycles. The van der Waals surface area contributed by atoms with E-state index in [1.165, 1.54) is 18.4 Å². The smallest absolute Gasteiger partial charge is 0.321 e. The van der Waals surface area contributed by atoms with Crippen LogP contribution >= 0.6 is 11.8 Å². The first-order valence-electron chi connectivity index (χ1n) is 7.70. The van der Waals surface area contributed by atoms with Gasteiger partial charge in [0.05, 0.1) is 16.7 Å². The number of benzene rings is 2. The first-order chi connectivity index (χ1) is 12.6. The molecule has 2 heterocycles. The molecule has 4 aromatic rings. The van der Waals surface area contributed by atoms with Gasteiger partial charge in [0, 0.05) is 11.3 Å². The Hall–Kier alpha value is -2.74. The topological polar surface area (TPSA) is 43.9 Å². The van der Waals surface area contributed by atoms with Crippen LogP contribution in [0.5, 0.6) is 0 Å². The van der Waals surface area contributed by atoms with E-state index in [-0.39, 0.29) is 16.9 Å². The van der Waals surface area contributed by atoms with E-state index in [0.29, 0.717) is 28.0 Å². The van der Waals surface area contributed by atoms with Crippen molar-refractivity contribution in [2.24, 2.45) is 0 Å². The monoisotopic (exact) mass is 375 g/mol. The summed E-state index contributed by atoms with van der Waals surface area (Å²) in [6.07, 6.45) is 1.43. The molecule has 26 heavy (non-hydrogen) atoms. The van der Waals surface area contributed by atoms with Crippen LogP contribution in [0.2, 0.25) is 0 Å². The Labute approximate surface area is 150 Å². The molecule has 2 aromatic carbocycles. The van der Waals surface area contributed by atoms with E-state index >= 15 is 0 Å². The average Bonchev–Trinajstić information content (AvgIpc) is 3.24. The van der Waals surface area contributed by atoms with E-state index < -0.39 is 6.55 Å². The average molecular weight is 375 g/mol. The van der Waals surface area contributed by atoms with Gasteiger partial charge in [0.15, 0.2) is 5.16 Å². The highest BCUT2D eigenvalue weighted by atomic mass is 32.2. The van der Waals surface area contributed by atoms with Gasteiger partial charge in [0.1, 0.15) is 12.1 Å². The molecule has 0 radical (unpaired) electrons. The molecule has 0 aliphatic carbocycles. The number of para-hydroxylation sites is 2. The minimum Gasteiger partial charge on any atom is -0.444 e. The first kappa shape index (κ1) is 16.7. The van der Waals surface area contributed by atoms with Gasteiger partial charge >= 0.3 is 6.55 Å². The molecule has 0 spiro atoms. The fourth-order valence-corrected chi connectivity index (χ4v) is 3.47. The Bertz CT molecular complexity index is 1060. The lowest BCUT2D eigenvalue weighted by Crippen LogP contribution is -2.00. The van der Waals surface area contributed by atoms with Crippen LogP contribution in [0.3, 0.4) is 0 Å². The van der Waals surface area contributed by atoms with Gasteiger partial charge < -0.3 is 4.42 Å². The maximum atomic E-state index is 13.4. The van der Waals surface area contributed by atoms with Crippen LogP contribution in [-0.2, 0) is 5.75 Å². The Kier molecular flexibility index (Phi) is 4.42. The summed E-state index contributed by atoms with van der Waals surface area (Å²) in [6, 6.07) is 12.6. The third-order valence-electron chi connectivity index (χ3n) is 3.73. The molecule has 0 N–H and O–H groups in total. The molecular formula is C18H12F3N3OS. The Morgan fingerprint density at radius 2 is 1.92 bits per heavy atom. The SMILES string of the molecule is Fc1cccc(-c2nc(CSc3nc4ccccc4n3C(F)F)co2)c1. The Balaban J connectivity index is 1.57. The van der Waals surface area contributed by atoms with Crippen molar-refractivity contribution in [2.45, 2.75) is 17.5 Å². The second-order valence-corrected chi connectivity index (χ2v) is 6.42. The van der Waals surface area contributed by atoms with Gasteiger partial charge in [-0.15, -0.1) is 0 Å². The number of fused-ring (bicyclic) bond motifs is 1. The van der Waals surface area contributed by atoms with Crippen molar-refractivity contribution in [3.05, 3.63) is 66.3 Å². The Morgan fingerprint density at radius 3 is 2.73 bits per heavy atom.